The number of amides is 1. The summed E-state index contributed by atoms with van der Waals surface area (Å²) in [5.74, 6) is 0.128. The molecule has 6 nitrogen and oxygen atoms in total. The Labute approximate surface area is 163 Å². The molecule has 0 spiro atoms. The van der Waals surface area contributed by atoms with Crippen molar-refractivity contribution < 1.29 is 24.1 Å². The van der Waals surface area contributed by atoms with Crippen molar-refractivity contribution in [1.82, 2.24) is 9.80 Å². The van der Waals surface area contributed by atoms with Crippen LogP contribution < -0.4 is 4.74 Å². The van der Waals surface area contributed by atoms with Crippen LogP contribution in [0.4, 0.5) is 4.39 Å². The quantitative estimate of drug-likeness (QED) is 0.753. The number of fused-ring (bicyclic) bond motifs is 1. The van der Waals surface area contributed by atoms with E-state index in [0.717, 1.165) is 5.56 Å². The third kappa shape index (κ3) is 4.86. The summed E-state index contributed by atoms with van der Waals surface area (Å²) in [6, 6.07) is 14.0. The number of aliphatic hydroxyl groups is 2. The van der Waals surface area contributed by atoms with E-state index >= 15 is 0 Å². The van der Waals surface area contributed by atoms with Gasteiger partial charge in [0.15, 0.2) is 0 Å². The van der Waals surface area contributed by atoms with Crippen LogP contribution in [0.25, 0.3) is 0 Å². The molecular formula is C21H25FN2O4. The number of aliphatic hydroxyl groups excluding tert-OH is 2. The van der Waals surface area contributed by atoms with E-state index in [0.29, 0.717) is 24.4 Å². The first-order valence-electron chi connectivity index (χ1n) is 9.33. The molecule has 0 aliphatic carbocycles. The average molecular weight is 388 g/mol. The van der Waals surface area contributed by atoms with Gasteiger partial charge >= 0.3 is 0 Å². The van der Waals surface area contributed by atoms with Gasteiger partial charge in [-0.25, -0.2) is 4.39 Å². The predicted molar refractivity (Wildman–Crippen MR) is 102 cm³/mol. The molecule has 1 amide bonds. The first-order chi connectivity index (χ1) is 13.6. The number of carbonyl (C=O) groups is 1. The zero-order valence-corrected chi connectivity index (χ0v) is 15.6. The monoisotopic (exact) mass is 388 g/mol. The summed E-state index contributed by atoms with van der Waals surface area (Å²) in [6.45, 7) is 0.897. The third-order valence-corrected chi connectivity index (χ3v) is 4.76. The molecule has 3 rings (SSSR count). The number of halogens is 1. The van der Waals surface area contributed by atoms with Crippen molar-refractivity contribution in [1.29, 1.82) is 0 Å². The Morgan fingerprint density at radius 1 is 1.11 bits per heavy atom. The molecule has 1 atom stereocenters. The first kappa shape index (κ1) is 20.3. The van der Waals surface area contributed by atoms with Gasteiger partial charge in [0.25, 0.3) is 0 Å². The number of ether oxygens (including phenoxy) is 1. The second kappa shape index (κ2) is 9.64. The Kier molecular flexibility index (Phi) is 6.97. The molecule has 0 radical (unpaired) electrons. The van der Waals surface area contributed by atoms with Gasteiger partial charge in [-0.05, 0) is 12.1 Å². The molecule has 150 valence electrons. The van der Waals surface area contributed by atoms with Crippen molar-refractivity contribution in [2.75, 3.05) is 39.4 Å². The van der Waals surface area contributed by atoms with Gasteiger partial charge in [-0.15, -0.1) is 0 Å². The lowest BCUT2D eigenvalue weighted by Crippen LogP contribution is -2.43. The maximum Gasteiger partial charge on any atom is 0.236 e. The van der Waals surface area contributed by atoms with E-state index < -0.39 is 6.10 Å². The average Bonchev–Trinajstić information content (AvgIpc) is 2.87. The van der Waals surface area contributed by atoms with Crippen LogP contribution in [-0.2, 0) is 11.3 Å². The highest BCUT2D eigenvalue weighted by molar-refractivity contribution is 5.78. The molecule has 1 aliphatic rings. The highest BCUT2D eigenvalue weighted by atomic mass is 19.1. The molecule has 7 heteroatoms. The minimum atomic E-state index is -0.554. The fourth-order valence-electron chi connectivity index (χ4n) is 3.39. The Bertz CT molecular complexity index is 795. The van der Waals surface area contributed by atoms with Crippen LogP contribution in [0.3, 0.4) is 0 Å². The molecular weight excluding hydrogens is 363 g/mol. The number of rotatable bonds is 7. The summed E-state index contributed by atoms with van der Waals surface area (Å²) in [4.78, 5) is 16.0. The molecule has 2 aromatic carbocycles. The van der Waals surface area contributed by atoms with Crippen LogP contribution in [-0.4, -0.2) is 65.3 Å². The van der Waals surface area contributed by atoms with Crippen molar-refractivity contribution in [2.45, 2.75) is 12.6 Å². The van der Waals surface area contributed by atoms with Gasteiger partial charge in [0.1, 0.15) is 17.7 Å². The Morgan fingerprint density at radius 2 is 1.79 bits per heavy atom. The van der Waals surface area contributed by atoms with E-state index in [-0.39, 0.29) is 44.6 Å². The van der Waals surface area contributed by atoms with Crippen molar-refractivity contribution in [3.05, 3.63) is 65.5 Å². The molecule has 2 aromatic rings. The van der Waals surface area contributed by atoms with Gasteiger partial charge in [-0.2, -0.15) is 0 Å². The molecule has 0 saturated carbocycles. The van der Waals surface area contributed by atoms with E-state index in [1.165, 1.54) is 11.0 Å². The number of carbonyl (C=O) groups excluding carboxylic acids is 1. The maximum absolute atomic E-state index is 14.4. The van der Waals surface area contributed by atoms with Gasteiger partial charge in [0.2, 0.25) is 5.91 Å². The zero-order valence-electron chi connectivity index (χ0n) is 15.6. The summed E-state index contributed by atoms with van der Waals surface area (Å²) in [7, 11) is 0. The summed E-state index contributed by atoms with van der Waals surface area (Å²) in [5.41, 5.74) is 1.37. The summed E-state index contributed by atoms with van der Waals surface area (Å²) in [5, 5.41) is 18.3. The topological polar surface area (TPSA) is 73.2 Å². The minimum Gasteiger partial charge on any atom is -0.484 e. The number of hydrogen-bond acceptors (Lipinski definition) is 5. The Morgan fingerprint density at radius 3 is 2.50 bits per heavy atom. The molecule has 1 unspecified atom stereocenters. The van der Waals surface area contributed by atoms with Gasteiger partial charge in [0.05, 0.1) is 19.8 Å². The Balaban J connectivity index is 1.84. The van der Waals surface area contributed by atoms with Crippen LogP contribution in [0.1, 0.15) is 17.2 Å². The number of nitrogens with zero attached hydrogens (tertiary/aromatic N) is 2. The minimum absolute atomic E-state index is 0.0860. The van der Waals surface area contributed by atoms with E-state index in [1.807, 2.05) is 29.2 Å². The fraction of sp³-hybridized carbons (Fsp3) is 0.381. The lowest BCUT2D eigenvalue weighted by atomic mass is 10.1. The van der Waals surface area contributed by atoms with Gasteiger partial charge < -0.3 is 19.8 Å². The molecule has 0 bridgehead atoms. The first-order valence-corrected chi connectivity index (χ1v) is 9.33. The van der Waals surface area contributed by atoms with Crippen molar-refractivity contribution >= 4 is 5.91 Å². The maximum atomic E-state index is 14.4. The van der Waals surface area contributed by atoms with E-state index in [9.17, 15) is 9.18 Å². The second-order valence-electron chi connectivity index (χ2n) is 6.73. The van der Waals surface area contributed by atoms with Gasteiger partial charge in [0, 0.05) is 37.3 Å². The van der Waals surface area contributed by atoms with Crippen molar-refractivity contribution in [2.24, 2.45) is 0 Å². The predicted octanol–water partition coefficient (Wildman–Crippen LogP) is 1.57. The number of hydrogen-bond donors (Lipinski definition) is 2. The molecule has 0 aromatic heterocycles. The van der Waals surface area contributed by atoms with E-state index in [2.05, 4.69) is 0 Å². The number of benzene rings is 2. The largest absolute Gasteiger partial charge is 0.484 e. The third-order valence-electron chi connectivity index (χ3n) is 4.76. The standard InChI is InChI=1S/C21H25FN2O4/c22-18-7-3-2-6-17(18)20-14-23(13-16-5-1-4-8-19(16)28-20)15-21(27)24(9-11-25)10-12-26/h1-8,20,25-26H,9-15H2. The fourth-order valence-corrected chi connectivity index (χ4v) is 3.39. The molecule has 28 heavy (non-hydrogen) atoms. The van der Waals surface area contributed by atoms with E-state index in [1.54, 1.807) is 18.2 Å². The lowest BCUT2D eigenvalue weighted by Gasteiger charge is -2.27. The zero-order chi connectivity index (χ0) is 19.9. The normalized spacial score (nSPS) is 16.8. The van der Waals surface area contributed by atoms with Crippen LogP contribution in [0.15, 0.2) is 48.5 Å². The summed E-state index contributed by atoms with van der Waals surface area (Å²) in [6.07, 6.45) is -0.554. The van der Waals surface area contributed by atoms with Crippen LogP contribution in [0, 0.1) is 5.82 Å². The highest BCUT2D eigenvalue weighted by Gasteiger charge is 2.28. The highest BCUT2D eigenvalue weighted by Crippen LogP contribution is 2.31. The number of para-hydroxylation sites is 1. The van der Waals surface area contributed by atoms with E-state index in [4.69, 9.17) is 14.9 Å². The summed E-state index contributed by atoms with van der Waals surface area (Å²) < 4.78 is 20.5. The van der Waals surface area contributed by atoms with Crippen molar-refractivity contribution in [3.63, 3.8) is 0 Å². The lowest BCUT2D eigenvalue weighted by molar-refractivity contribution is -0.133. The van der Waals surface area contributed by atoms with Crippen LogP contribution in [0.5, 0.6) is 5.75 Å². The molecule has 1 heterocycles. The Hall–Kier alpha value is -2.48. The SMILES string of the molecule is O=C(CN1Cc2ccccc2OC(c2ccccc2F)C1)N(CCO)CCO. The van der Waals surface area contributed by atoms with Gasteiger partial charge in [-0.3, -0.25) is 9.69 Å². The smallest absolute Gasteiger partial charge is 0.236 e. The molecule has 0 fully saturated rings. The second-order valence-corrected chi connectivity index (χ2v) is 6.73. The molecule has 1 aliphatic heterocycles. The molecule has 2 N–H and O–H groups in total. The summed E-state index contributed by atoms with van der Waals surface area (Å²) >= 11 is 0. The van der Waals surface area contributed by atoms with Crippen LogP contribution in [0.2, 0.25) is 0 Å². The van der Waals surface area contributed by atoms with Gasteiger partial charge in [-0.1, -0.05) is 36.4 Å². The van der Waals surface area contributed by atoms with Crippen molar-refractivity contribution in [3.8, 4) is 5.75 Å². The molecule has 0 saturated heterocycles. The van der Waals surface area contributed by atoms with Crippen LogP contribution >= 0.6 is 0 Å².